The minimum atomic E-state index is -1.82. The van der Waals surface area contributed by atoms with Crippen LogP contribution in [0, 0.1) is 0 Å². The van der Waals surface area contributed by atoms with Crippen LogP contribution in [0.2, 0.25) is 0 Å². The molecule has 0 unspecified atom stereocenters. The van der Waals surface area contributed by atoms with Gasteiger partial charge in [-0.2, -0.15) is 0 Å². The number of carboxylic acid groups (broad SMARTS) is 2. The van der Waals surface area contributed by atoms with Gasteiger partial charge in [0.1, 0.15) is 0 Å². The number of benzene rings is 1. The highest BCUT2D eigenvalue weighted by atomic mass is 16.4. The fraction of sp³-hybridized carbons (Fsp3) is 0.286. The summed E-state index contributed by atoms with van der Waals surface area (Å²) in [6.45, 7) is 6.44. The standard InChI is InChI=1S/C19H22N4.C2H2O4/c1-2-7-19-18(6-1)16(13-21-19)14-22-9-11-23(12-10-22)15-17-5-3-4-8-20-17;3-1(4)2(5)6/h1-8,13,21H,9-12,14-15H2;(H,3,4)(H,5,6). The molecule has 1 aliphatic heterocycles. The van der Waals surface area contributed by atoms with Gasteiger partial charge in [0, 0.05) is 62.6 Å². The molecule has 0 saturated carbocycles. The van der Waals surface area contributed by atoms with Crippen molar-refractivity contribution in [2.45, 2.75) is 13.1 Å². The molecule has 1 aromatic carbocycles. The summed E-state index contributed by atoms with van der Waals surface area (Å²) < 4.78 is 0. The summed E-state index contributed by atoms with van der Waals surface area (Å²) in [5, 5.41) is 16.1. The first-order valence-electron chi connectivity index (χ1n) is 9.39. The van der Waals surface area contributed by atoms with E-state index in [1.54, 1.807) is 0 Å². The SMILES string of the molecule is O=C(O)C(=O)O.c1ccc(CN2CCN(Cc3c[nH]c4ccccc34)CC2)nc1. The van der Waals surface area contributed by atoms with Crippen molar-refractivity contribution in [1.82, 2.24) is 19.8 Å². The largest absolute Gasteiger partial charge is 0.473 e. The Hall–Kier alpha value is -3.23. The van der Waals surface area contributed by atoms with Gasteiger partial charge in [-0.05, 0) is 23.8 Å². The number of H-pyrrole nitrogens is 1. The minimum Gasteiger partial charge on any atom is -0.473 e. The van der Waals surface area contributed by atoms with Crippen LogP contribution in [0.25, 0.3) is 10.9 Å². The molecule has 1 fully saturated rings. The second-order valence-corrected chi connectivity index (χ2v) is 6.84. The highest BCUT2D eigenvalue weighted by Crippen LogP contribution is 2.20. The first kappa shape index (κ1) is 20.5. The van der Waals surface area contributed by atoms with Crippen LogP contribution in [0.15, 0.2) is 54.9 Å². The van der Waals surface area contributed by atoms with Gasteiger partial charge >= 0.3 is 11.9 Å². The third kappa shape index (κ3) is 5.87. The number of pyridine rings is 1. The molecule has 0 atom stereocenters. The van der Waals surface area contributed by atoms with Crippen molar-refractivity contribution in [3.05, 3.63) is 66.1 Å². The average Bonchev–Trinajstić information content (AvgIpc) is 3.14. The summed E-state index contributed by atoms with van der Waals surface area (Å²) in [7, 11) is 0. The van der Waals surface area contributed by atoms with Crippen LogP contribution in [0.1, 0.15) is 11.3 Å². The number of para-hydroxylation sites is 1. The van der Waals surface area contributed by atoms with Gasteiger partial charge in [-0.25, -0.2) is 9.59 Å². The highest BCUT2D eigenvalue weighted by molar-refractivity contribution is 6.27. The summed E-state index contributed by atoms with van der Waals surface area (Å²) in [6.07, 6.45) is 4.04. The lowest BCUT2D eigenvalue weighted by molar-refractivity contribution is -0.159. The molecule has 0 radical (unpaired) electrons. The van der Waals surface area contributed by atoms with Crippen molar-refractivity contribution in [2.24, 2.45) is 0 Å². The van der Waals surface area contributed by atoms with E-state index in [1.165, 1.54) is 16.5 Å². The zero-order valence-corrected chi connectivity index (χ0v) is 16.0. The molecule has 0 amide bonds. The Morgan fingerprint density at radius 2 is 1.52 bits per heavy atom. The summed E-state index contributed by atoms with van der Waals surface area (Å²) in [5.74, 6) is -3.65. The lowest BCUT2D eigenvalue weighted by Crippen LogP contribution is -2.45. The third-order valence-electron chi connectivity index (χ3n) is 4.83. The molecule has 29 heavy (non-hydrogen) atoms. The Bertz CT molecular complexity index is 937. The third-order valence-corrected chi connectivity index (χ3v) is 4.83. The van der Waals surface area contributed by atoms with Crippen LogP contribution in [0.3, 0.4) is 0 Å². The predicted molar refractivity (Wildman–Crippen MR) is 108 cm³/mol. The molecule has 3 heterocycles. The van der Waals surface area contributed by atoms with E-state index in [4.69, 9.17) is 19.8 Å². The van der Waals surface area contributed by atoms with Gasteiger partial charge in [0.2, 0.25) is 0 Å². The van der Waals surface area contributed by atoms with Crippen LogP contribution in [-0.4, -0.2) is 68.1 Å². The van der Waals surface area contributed by atoms with Crippen LogP contribution >= 0.6 is 0 Å². The molecule has 8 heteroatoms. The number of piperazine rings is 1. The van der Waals surface area contributed by atoms with Crippen molar-refractivity contribution >= 4 is 22.8 Å². The summed E-state index contributed by atoms with van der Waals surface area (Å²) in [4.78, 5) is 31.0. The molecule has 0 bridgehead atoms. The molecule has 152 valence electrons. The van der Waals surface area contributed by atoms with Gasteiger partial charge in [-0.15, -0.1) is 0 Å². The lowest BCUT2D eigenvalue weighted by atomic mass is 10.1. The van der Waals surface area contributed by atoms with E-state index in [0.29, 0.717) is 0 Å². The number of aromatic amines is 1. The van der Waals surface area contributed by atoms with E-state index >= 15 is 0 Å². The Morgan fingerprint density at radius 3 is 2.14 bits per heavy atom. The number of aromatic nitrogens is 2. The Kier molecular flexibility index (Phi) is 6.94. The first-order valence-corrected chi connectivity index (χ1v) is 9.39. The number of fused-ring (bicyclic) bond motifs is 1. The van der Waals surface area contributed by atoms with Crippen molar-refractivity contribution in [3.63, 3.8) is 0 Å². The molecule has 0 spiro atoms. The number of nitrogens with one attached hydrogen (secondary N) is 1. The maximum absolute atomic E-state index is 9.10. The number of nitrogens with zero attached hydrogens (tertiary/aromatic N) is 3. The quantitative estimate of drug-likeness (QED) is 0.579. The molecule has 8 nitrogen and oxygen atoms in total. The summed E-state index contributed by atoms with van der Waals surface area (Å²) in [5.41, 5.74) is 3.80. The number of carboxylic acids is 2. The van der Waals surface area contributed by atoms with E-state index in [-0.39, 0.29) is 0 Å². The van der Waals surface area contributed by atoms with Gasteiger partial charge in [0.15, 0.2) is 0 Å². The molecule has 4 rings (SSSR count). The highest BCUT2D eigenvalue weighted by Gasteiger charge is 2.18. The molecule has 3 N–H and O–H groups in total. The number of aliphatic carboxylic acids is 2. The Morgan fingerprint density at radius 1 is 0.897 bits per heavy atom. The topological polar surface area (TPSA) is 110 Å². The maximum atomic E-state index is 9.10. The van der Waals surface area contributed by atoms with E-state index in [0.717, 1.165) is 45.0 Å². The van der Waals surface area contributed by atoms with Gasteiger partial charge in [-0.1, -0.05) is 24.3 Å². The number of hydrogen-bond donors (Lipinski definition) is 3. The van der Waals surface area contributed by atoms with E-state index in [1.807, 2.05) is 12.3 Å². The van der Waals surface area contributed by atoms with Crippen LogP contribution < -0.4 is 0 Å². The Balaban J connectivity index is 0.000000353. The Labute approximate surface area is 168 Å². The van der Waals surface area contributed by atoms with Gasteiger partial charge in [0.05, 0.1) is 5.69 Å². The fourth-order valence-electron chi connectivity index (χ4n) is 3.33. The fourth-order valence-corrected chi connectivity index (χ4v) is 3.33. The van der Waals surface area contributed by atoms with Crippen LogP contribution in [-0.2, 0) is 22.7 Å². The smallest absolute Gasteiger partial charge is 0.414 e. The van der Waals surface area contributed by atoms with Crippen LogP contribution in [0.5, 0.6) is 0 Å². The van der Waals surface area contributed by atoms with E-state index in [9.17, 15) is 0 Å². The zero-order valence-electron chi connectivity index (χ0n) is 16.0. The normalized spacial score (nSPS) is 14.9. The molecule has 1 saturated heterocycles. The van der Waals surface area contributed by atoms with E-state index in [2.05, 4.69) is 62.4 Å². The second kappa shape index (κ2) is 9.81. The summed E-state index contributed by atoms with van der Waals surface area (Å²) >= 11 is 0. The predicted octanol–water partition coefficient (Wildman–Crippen LogP) is 2.04. The van der Waals surface area contributed by atoms with Crippen molar-refractivity contribution in [1.29, 1.82) is 0 Å². The van der Waals surface area contributed by atoms with Gasteiger partial charge in [-0.3, -0.25) is 14.8 Å². The molecule has 3 aromatic rings. The number of carbonyl (C=O) groups is 2. The molecule has 1 aliphatic rings. The van der Waals surface area contributed by atoms with Crippen LogP contribution in [0.4, 0.5) is 0 Å². The van der Waals surface area contributed by atoms with Gasteiger partial charge < -0.3 is 15.2 Å². The summed E-state index contributed by atoms with van der Waals surface area (Å²) in [6, 6.07) is 14.7. The number of rotatable bonds is 4. The maximum Gasteiger partial charge on any atom is 0.414 e. The number of hydrogen-bond acceptors (Lipinski definition) is 5. The van der Waals surface area contributed by atoms with Crippen molar-refractivity contribution < 1.29 is 19.8 Å². The lowest BCUT2D eigenvalue weighted by Gasteiger charge is -2.34. The van der Waals surface area contributed by atoms with Crippen molar-refractivity contribution in [2.75, 3.05) is 26.2 Å². The molecular formula is C21H24N4O4. The molecule has 2 aromatic heterocycles. The molecular weight excluding hydrogens is 372 g/mol. The second-order valence-electron chi connectivity index (χ2n) is 6.84. The average molecular weight is 396 g/mol. The van der Waals surface area contributed by atoms with Gasteiger partial charge in [0.25, 0.3) is 0 Å². The van der Waals surface area contributed by atoms with Crippen molar-refractivity contribution in [3.8, 4) is 0 Å². The molecule has 0 aliphatic carbocycles. The minimum absolute atomic E-state index is 0.960. The first-order chi connectivity index (χ1) is 14.0. The zero-order chi connectivity index (χ0) is 20.6. The van der Waals surface area contributed by atoms with E-state index < -0.39 is 11.9 Å². The monoisotopic (exact) mass is 396 g/mol.